The maximum absolute atomic E-state index is 12.6. The van der Waals surface area contributed by atoms with Crippen molar-refractivity contribution in [2.24, 2.45) is 0 Å². The first-order valence-corrected chi connectivity index (χ1v) is 8.35. The molecule has 0 saturated carbocycles. The molecule has 1 heterocycles. The zero-order valence-corrected chi connectivity index (χ0v) is 15.1. The van der Waals surface area contributed by atoms with Gasteiger partial charge < -0.3 is 15.1 Å². The van der Waals surface area contributed by atoms with Gasteiger partial charge in [-0.05, 0) is 61.4 Å². The van der Waals surface area contributed by atoms with Crippen LogP contribution in [0.1, 0.15) is 32.0 Å². The smallest absolute Gasteiger partial charge is 0.291 e. The first-order valence-electron chi connectivity index (χ1n) is 7.97. The van der Waals surface area contributed by atoms with E-state index in [1.54, 1.807) is 48.5 Å². The number of carbonyl (C=O) groups excluding carboxylic acids is 2. The Morgan fingerprint density at radius 2 is 1.69 bits per heavy atom. The van der Waals surface area contributed by atoms with Crippen molar-refractivity contribution in [1.82, 2.24) is 0 Å². The first-order chi connectivity index (χ1) is 12.5. The number of aryl methyl sites for hydroxylation is 1. The molecule has 26 heavy (non-hydrogen) atoms. The third kappa shape index (κ3) is 3.78. The largest absolute Gasteiger partial charge is 0.459 e. The van der Waals surface area contributed by atoms with Crippen molar-refractivity contribution in [3.8, 4) is 0 Å². The van der Waals surface area contributed by atoms with E-state index < -0.39 is 0 Å². The number of furan rings is 1. The lowest BCUT2D eigenvalue weighted by Crippen LogP contribution is -2.15. The molecular formula is C20H17ClN2O3. The highest BCUT2D eigenvalue weighted by Crippen LogP contribution is 2.24. The van der Waals surface area contributed by atoms with Crippen LogP contribution in [0.3, 0.4) is 0 Å². The number of anilines is 2. The van der Waals surface area contributed by atoms with Gasteiger partial charge in [-0.3, -0.25) is 9.59 Å². The fourth-order valence-corrected chi connectivity index (χ4v) is 2.60. The average Bonchev–Trinajstić information content (AvgIpc) is 3.15. The van der Waals surface area contributed by atoms with Gasteiger partial charge in [0, 0.05) is 22.0 Å². The van der Waals surface area contributed by atoms with Crippen LogP contribution in [0.25, 0.3) is 0 Å². The second-order valence-electron chi connectivity index (χ2n) is 5.83. The number of nitrogens with one attached hydrogen (secondary N) is 2. The van der Waals surface area contributed by atoms with Crippen LogP contribution in [-0.4, -0.2) is 11.8 Å². The Balaban J connectivity index is 1.81. The van der Waals surface area contributed by atoms with Crippen molar-refractivity contribution in [2.75, 3.05) is 10.6 Å². The lowest BCUT2D eigenvalue weighted by atomic mass is 10.1. The summed E-state index contributed by atoms with van der Waals surface area (Å²) in [5.74, 6) is -0.459. The van der Waals surface area contributed by atoms with Gasteiger partial charge in [0.05, 0.1) is 6.26 Å². The highest BCUT2D eigenvalue weighted by molar-refractivity contribution is 6.31. The van der Waals surface area contributed by atoms with E-state index in [0.29, 0.717) is 22.0 Å². The third-order valence-corrected chi connectivity index (χ3v) is 4.42. The lowest BCUT2D eigenvalue weighted by molar-refractivity contribution is 0.0993. The molecule has 0 aliphatic heterocycles. The molecule has 2 aromatic carbocycles. The lowest BCUT2D eigenvalue weighted by Gasteiger charge is -2.12. The van der Waals surface area contributed by atoms with Crippen LogP contribution in [0.5, 0.6) is 0 Å². The van der Waals surface area contributed by atoms with Crippen molar-refractivity contribution in [3.05, 3.63) is 82.3 Å². The molecular weight excluding hydrogens is 352 g/mol. The average molecular weight is 369 g/mol. The van der Waals surface area contributed by atoms with Crippen LogP contribution in [0.4, 0.5) is 11.4 Å². The van der Waals surface area contributed by atoms with Crippen molar-refractivity contribution in [1.29, 1.82) is 0 Å². The van der Waals surface area contributed by atoms with Crippen LogP contribution in [0, 0.1) is 13.8 Å². The summed E-state index contributed by atoms with van der Waals surface area (Å²) in [6.45, 7) is 3.68. The quantitative estimate of drug-likeness (QED) is 0.676. The molecule has 0 aliphatic carbocycles. The van der Waals surface area contributed by atoms with Crippen LogP contribution >= 0.6 is 11.6 Å². The number of rotatable bonds is 4. The minimum absolute atomic E-state index is 0.203. The second kappa shape index (κ2) is 7.45. The molecule has 0 saturated heterocycles. The maximum Gasteiger partial charge on any atom is 0.291 e. The Morgan fingerprint density at radius 1 is 0.923 bits per heavy atom. The number of hydrogen-bond acceptors (Lipinski definition) is 3. The summed E-state index contributed by atoms with van der Waals surface area (Å²) < 4.78 is 5.08. The molecule has 3 rings (SSSR count). The predicted molar refractivity (Wildman–Crippen MR) is 102 cm³/mol. The highest BCUT2D eigenvalue weighted by Gasteiger charge is 2.14. The third-order valence-electron chi connectivity index (χ3n) is 4.01. The van der Waals surface area contributed by atoms with Crippen molar-refractivity contribution in [3.63, 3.8) is 0 Å². The summed E-state index contributed by atoms with van der Waals surface area (Å²) in [4.78, 5) is 24.7. The van der Waals surface area contributed by atoms with Gasteiger partial charge in [0.15, 0.2) is 5.76 Å². The van der Waals surface area contributed by atoms with E-state index in [4.69, 9.17) is 16.0 Å². The molecule has 0 bridgehead atoms. The predicted octanol–water partition coefficient (Wildman–Crippen LogP) is 5.05. The minimum atomic E-state index is -0.374. The molecule has 5 nitrogen and oxygen atoms in total. The van der Waals surface area contributed by atoms with Gasteiger partial charge in [-0.2, -0.15) is 0 Å². The van der Waals surface area contributed by atoms with Crippen molar-refractivity contribution in [2.45, 2.75) is 13.8 Å². The van der Waals surface area contributed by atoms with Gasteiger partial charge in [-0.15, -0.1) is 0 Å². The summed E-state index contributed by atoms with van der Waals surface area (Å²) in [5, 5.41) is 6.18. The van der Waals surface area contributed by atoms with Crippen LogP contribution in [0.15, 0.2) is 59.2 Å². The van der Waals surface area contributed by atoms with Crippen LogP contribution in [-0.2, 0) is 0 Å². The molecule has 0 unspecified atom stereocenters. The summed E-state index contributed by atoms with van der Waals surface area (Å²) in [7, 11) is 0. The molecule has 132 valence electrons. The Labute approximate surface area is 156 Å². The van der Waals surface area contributed by atoms with Crippen molar-refractivity contribution < 1.29 is 14.0 Å². The minimum Gasteiger partial charge on any atom is -0.459 e. The Kier molecular flexibility index (Phi) is 5.09. The molecule has 0 aliphatic rings. The molecule has 0 spiro atoms. The standard InChI is InChI=1S/C20H17ClN2O3/c1-12-8-9-14(11-17(12)23-20(25)18-7-4-10-26-18)19(24)22-16-6-3-5-15(21)13(16)2/h3-11H,1-2H3,(H,22,24)(H,23,25). The molecule has 0 atom stereocenters. The number of benzene rings is 2. The van der Waals surface area contributed by atoms with E-state index in [-0.39, 0.29) is 17.6 Å². The van der Waals surface area contributed by atoms with E-state index in [0.717, 1.165) is 11.1 Å². The van der Waals surface area contributed by atoms with E-state index in [1.165, 1.54) is 6.26 Å². The van der Waals surface area contributed by atoms with Gasteiger partial charge in [-0.25, -0.2) is 0 Å². The summed E-state index contributed by atoms with van der Waals surface area (Å²) >= 11 is 6.09. The van der Waals surface area contributed by atoms with E-state index in [9.17, 15) is 9.59 Å². The number of amides is 2. The van der Waals surface area contributed by atoms with Gasteiger partial charge in [0.2, 0.25) is 0 Å². The molecule has 0 fully saturated rings. The zero-order chi connectivity index (χ0) is 18.7. The number of halogens is 1. The molecule has 0 radical (unpaired) electrons. The molecule has 1 aromatic heterocycles. The Hall–Kier alpha value is -3.05. The first kappa shape index (κ1) is 17.8. The second-order valence-corrected chi connectivity index (χ2v) is 6.23. The zero-order valence-electron chi connectivity index (χ0n) is 14.3. The van der Waals surface area contributed by atoms with E-state index in [2.05, 4.69) is 10.6 Å². The summed E-state index contributed by atoms with van der Waals surface area (Å²) in [6, 6.07) is 13.6. The topological polar surface area (TPSA) is 71.3 Å². The highest BCUT2D eigenvalue weighted by atomic mass is 35.5. The Bertz CT molecular complexity index is 965. The number of hydrogen-bond donors (Lipinski definition) is 2. The van der Waals surface area contributed by atoms with Gasteiger partial charge >= 0.3 is 0 Å². The Morgan fingerprint density at radius 3 is 2.42 bits per heavy atom. The van der Waals surface area contributed by atoms with Gasteiger partial charge in [-0.1, -0.05) is 23.7 Å². The molecule has 2 N–H and O–H groups in total. The number of carbonyl (C=O) groups is 2. The SMILES string of the molecule is Cc1ccc(C(=O)Nc2cccc(Cl)c2C)cc1NC(=O)c1ccco1. The van der Waals surface area contributed by atoms with Gasteiger partial charge in [0.25, 0.3) is 11.8 Å². The fraction of sp³-hybridized carbons (Fsp3) is 0.100. The molecule has 2 amide bonds. The molecule has 6 heteroatoms. The summed E-state index contributed by atoms with van der Waals surface area (Å²) in [6.07, 6.45) is 1.43. The van der Waals surface area contributed by atoms with E-state index in [1.807, 2.05) is 13.8 Å². The maximum atomic E-state index is 12.6. The van der Waals surface area contributed by atoms with Gasteiger partial charge in [0.1, 0.15) is 0 Å². The van der Waals surface area contributed by atoms with Crippen LogP contribution in [0.2, 0.25) is 5.02 Å². The van der Waals surface area contributed by atoms with Crippen LogP contribution < -0.4 is 10.6 Å². The monoisotopic (exact) mass is 368 g/mol. The summed E-state index contributed by atoms with van der Waals surface area (Å²) in [5.41, 5.74) is 3.23. The van der Waals surface area contributed by atoms with E-state index >= 15 is 0 Å². The van der Waals surface area contributed by atoms with Crippen molar-refractivity contribution >= 4 is 34.8 Å². The molecule has 3 aromatic rings. The fourth-order valence-electron chi connectivity index (χ4n) is 2.43. The normalized spacial score (nSPS) is 10.4.